The third kappa shape index (κ3) is 9.07. The lowest BCUT2D eigenvalue weighted by Crippen LogP contribution is -2.50. The van der Waals surface area contributed by atoms with Crippen LogP contribution in [0.5, 0.6) is 5.88 Å². The van der Waals surface area contributed by atoms with Gasteiger partial charge in [-0.05, 0) is 24.5 Å². The number of hydrogen-bond acceptors (Lipinski definition) is 5. The van der Waals surface area contributed by atoms with Gasteiger partial charge in [0.25, 0.3) is 0 Å². The van der Waals surface area contributed by atoms with E-state index >= 15 is 0 Å². The molecule has 0 saturated carbocycles. The number of nitrogens with one attached hydrogen (secondary N) is 2. The van der Waals surface area contributed by atoms with Crippen molar-refractivity contribution in [1.82, 2.24) is 20.5 Å². The molecule has 0 spiro atoms. The van der Waals surface area contributed by atoms with Crippen LogP contribution < -0.4 is 15.4 Å². The summed E-state index contributed by atoms with van der Waals surface area (Å²) in [4.78, 5) is 11.3. The molecule has 1 saturated heterocycles. The average molecular weight is 491 g/mol. The van der Waals surface area contributed by atoms with Gasteiger partial charge in [0.2, 0.25) is 5.88 Å². The summed E-state index contributed by atoms with van der Waals surface area (Å²) < 4.78 is 11.1. The van der Waals surface area contributed by atoms with Gasteiger partial charge in [-0.15, -0.1) is 24.0 Å². The molecule has 0 aliphatic carbocycles. The van der Waals surface area contributed by atoms with Gasteiger partial charge in [0, 0.05) is 45.0 Å². The van der Waals surface area contributed by atoms with E-state index in [9.17, 15) is 0 Å². The molecule has 0 bridgehead atoms. The highest BCUT2D eigenvalue weighted by molar-refractivity contribution is 14.0. The molecule has 1 atom stereocenters. The second-order valence-electron chi connectivity index (χ2n) is 6.93. The van der Waals surface area contributed by atoms with Crippen molar-refractivity contribution >= 4 is 29.9 Å². The van der Waals surface area contributed by atoms with Gasteiger partial charge in [0.05, 0.1) is 26.4 Å². The fourth-order valence-electron chi connectivity index (χ4n) is 2.97. The Hall–Kier alpha value is -1.13. The fourth-order valence-corrected chi connectivity index (χ4v) is 2.97. The average Bonchev–Trinajstić information content (AvgIpc) is 2.64. The fraction of sp³-hybridized carbons (Fsp3) is 0.684. The van der Waals surface area contributed by atoms with E-state index in [4.69, 9.17) is 9.47 Å². The molecule has 27 heavy (non-hydrogen) atoms. The van der Waals surface area contributed by atoms with Gasteiger partial charge >= 0.3 is 0 Å². The molecule has 0 aromatic carbocycles. The van der Waals surface area contributed by atoms with E-state index < -0.39 is 0 Å². The smallest absolute Gasteiger partial charge is 0.213 e. The Labute approximate surface area is 180 Å². The van der Waals surface area contributed by atoms with E-state index in [1.54, 1.807) is 13.3 Å². The lowest BCUT2D eigenvalue weighted by molar-refractivity contribution is -0.0284. The van der Waals surface area contributed by atoms with Crippen molar-refractivity contribution in [2.45, 2.75) is 33.4 Å². The number of rotatable bonds is 8. The highest BCUT2D eigenvalue weighted by Crippen LogP contribution is 2.10. The van der Waals surface area contributed by atoms with Crippen LogP contribution in [0.15, 0.2) is 23.3 Å². The van der Waals surface area contributed by atoms with E-state index in [0.717, 1.165) is 50.9 Å². The van der Waals surface area contributed by atoms with Crippen molar-refractivity contribution in [2.75, 3.05) is 46.4 Å². The molecule has 7 nitrogen and oxygen atoms in total. The summed E-state index contributed by atoms with van der Waals surface area (Å²) in [6.07, 6.45) is 1.93. The van der Waals surface area contributed by atoms with Crippen LogP contribution in [0.1, 0.15) is 26.3 Å². The number of ether oxygens (including phenoxy) is 2. The van der Waals surface area contributed by atoms with Crippen molar-refractivity contribution in [2.24, 2.45) is 10.9 Å². The SMILES string of the molecule is CCNC(=NCc1ccnc(OC)c1)NCC1CN(CC(C)C)CCO1.I. The van der Waals surface area contributed by atoms with Gasteiger partial charge in [-0.25, -0.2) is 9.98 Å². The molecule has 1 aliphatic heterocycles. The Morgan fingerprint density at radius 3 is 2.96 bits per heavy atom. The zero-order valence-electron chi connectivity index (χ0n) is 16.9. The van der Waals surface area contributed by atoms with Crippen LogP contribution in [0.25, 0.3) is 0 Å². The van der Waals surface area contributed by atoms with E-state index in [1.807, 2.05) is 12.1 Å². The minimum atomic E-state index is 0. The number of hydrogen-bond donors (Lipinski definition) is 2. The summed E-state index contributed by atoms with van der Waals surface area (Å²) >= 11 is 0. The predicted octanol–water partition coefficient (Wildman–Crippen LogP) is 2.12. The number of pyridine rings is 1. The summed E-state index contributed by atoms with van der Waals surface area (Å²) in [5, 5.41) is 6.69. The molecule has 2 N–H and O–H groups in total. The number of morpholine rings is 1. The number of nitrogens with zero attached hydrogens (tertiary/aromatic N) is 3. The number of halogens is 1. The molecule has 2 rings (SSSR count). The quantitative estimate of drug-likeness (QED) is 0.330. The molecular weight excluding hydrogens is 457 g/mol. The van der Waals surface area contributed by atoms with Crippen LogP contribution in [0.4, 0.5) is 0 Å². The second-order valence-corrected chi connectivity index (χ2v) is 6.93. The predicted molar refractivity (Wildman–Crippen MR) is 120 cm³/mol. The summed E-state index contributed by atoms with van der Waals surface area (Å²) in [7, 11) is 1.62. The number of aliphatic imine (C=N–C) groups is 1. The maximum Gasteiger partial charge on any atom is 0.213 e. The van der Waals surface area contributed by atoms with Gasteiger partial charge < -0.3 is 20.1 Å². The zero-order chi connectivity index (χ0) is 18.8. The van der Waals surface area contributed by atoms with Crippen molar-refractivity contribution in [1.29, 1.82) is 0 Å². The summed E-state index contributed by atoms with van der Waals surface area (Å²) in [5.41, 5.74) is 1.06. The maximum absolute atomic E-state index is 5.90. The van der Waals surface area contributed by atoms with Crippen LogP contribution in [-0.2, 0) is 11.3 Å². The third-order valence-corrected chi connectivity index (χ3v) is 4.12. The molecule has 8 heteroatoms. The Morgan fingerprint density at radius 1 is 1.44 bits per heavy atom. The van der Waals surface area contributed by atoms with Gasteiger partial charge in [-0.1, -0.05) is 13.8 Å². The number of guanidine groups is 1. The van der Waals surface area contributed by atoms with Crippen molar-refractivity contribution in [3.63, 3.8) is 0 Å². The first-order valence-electron chi connectivity index (χ1n) is 9.45. The lowest BCUT2D eigenvalue weighted by Gasteiger charge is -2.34. The topological polar surface area (TPSA) is 71.0 Å². The first-order valence-corrected chi connectivity index (χ1v) is 9.45. The maximum atomic E-state index is 5.90. The van der Waals surface area contributed by atoms with Crippen molar-refractivity contribution in [3.05, 3.63) is 23.9 Å². The highest BCUT2D eigenvalue weighted by Gasteiger charge is 2.21. The molecule has 0 amide bonds. The first kappa shape index (κ1) is 23.9. The third-order valence-electron chi connectivity index (χ3n) is 4.12. The Morgan fingerprint density at radius 2 is 2.26 bits per heavy atom. The zero-order valence-corrected chi connectivity index (χ0v) is 19.2. The van der Waals surface area contributed by atoms with Crippen LogP contribution in [-0.4, -0.2) is 68.4 Å². The number of aromatic nitrogens is 1. The lowest BCUT2D eigenvalue weighted by atomic mass is 10.2. The molecule has 0 radical (unpaired) electrons. The Balaban J connectivity index is 0.00000364. The monoisotopic (exact) mass is 491 g/mol. The number of methoxy groups -OCH3 is 1. The van der Waals surface area contributed by atoms with E-state index in [1.165, 1.54) is 0 Å². The molecule has 1 fully saturated rings. The van der Waals surface area contributed by atoms with Gasteiger partial charge in [-0.2, -0.15) is 0 Å². The van der Waals surface area contributed by atoms with Crippen molar-refractivity contribution in [3.8, 4) is 5.88 Å². The minimum absolute atomic E-state index is 0. The molecular formula is C19H34IN5O2. The Kier molecular flexibility index (Phi) is 11.6. The molecule has 2 heterocycles. The highest BCUT2D eigenvalue weighted by atomic mass is 127. The standard InChI is InChI=1S/C19H33N5O2.HI/c1-5-20-19(22-11-16-6-7-21-18(10-16)25-4)23-12-17-14-24(8-9-26-17)13-15(2)3;/h6-7,10,15,17H,5,8-9,11-14H2,1-4H3,(H2,20,22,23);1H. The van der Waals surface area contributed by atoms with Crippen LogP contribution in [0, 0.1) is 5.92 Å². The molecule has 1 aromatic rings. The normalized spacial score (nSPS) is 18.1. The largest absolute Gasteiger partial charge is 0.481 e. The van der Waals surface area contributed by atoms with Crippen LogP contribution >= 0.6 is 24.0 Å². The van der Waals surface area contributed by atoms with Crippen molar-refractivity contribution < 1.29 is 9.47 Å². The summed E-state index contributed by atoms with van der Waals surface area (Å²) in [5.74, 6) is 2.09. The summed E-state index contributed by atoms with van der Waals surface area (Å²) in [6.45, 7) is 12.6. The summed E-state index contributed by atoms with van der Waals surface area (Å²) in [6, 6.07) is 3.85. The Bertz CT molecular complexity index is 571. The van der Waals surface area contributed by atoms with Gasteiger partial charge in [0.15, 0.2) is 5.96 Å². The van der Waals surface area contributed by atoms with Gasteiger partial charge in [0.1, 0.15) is 0 Å². The first-order chi connectivity index (χ1) is 12.6. The van der Waals surface area contributed by atoms with E-state index in [0.29, 0.717) is 18.3 Å². The molecule has 1 unspecified atom stereocenters. The molecule has 1 aromatic heterocycles. The van der Waals surface area contributed by atoms with Crippen LogP contribution in [0.2, 0.25) is 0 Å². The molecule has 154 valence electrons. The van der Waals surface area contributed by atoms with E-state index in [2.05, 4.69) is 46.3 Å². The second kappa shape index (κ2) is 13.1. The molecule has 1 aliphatic rings. The van der Waals surface area contributed by atoms with E-state index in [-0.39, 0.29) is 30.1 Å². The minimum Gasteiger partial charge on any atom is -0.481 e. The van der Waals surface area contributed by atoms with Gasteiger partial charge in [-0.3, -0.25) is 4.90 Å². The van der Waals surface area contributed by atoms with Crippen LogP contribution in [0.3, 0.4) is 0 Å².